The highest BCUT2D eigenvalue weighted by atomic mass is 79.9. The molecule has 1 aliphatic rings. The van der Waals surface area contributed by atoms with Crippen LogP contribution >= 0.6 is 15.9 Å². The average molecular weight is 524 g/mol. The fourth-order valence-corrected chi connectivity index (χ4v) is 4.62. The second-order valence-electron chi connectivity index (χ2n) is 7.94. The van der Waals surface area contributed by atoms with Crippen molar-refractivity contribution in [3.63, 3.8) is 0 Å². The Morgan fingerprint density at radius 2 is 1.85 bits per heavy atom. The van der Waals surface area contributed by atoms with Crippen molar-refractivity contribution in [3.05, 3.63) is 104 Å². The molecule has 1 atom stereocenters. The Morgan fingerprint density at radius 3 is 2.59 bits per heavy atom. The molecule has 0 saturated heterocycles. The minimum atomic E-state index is -0.785. The fraction of sp³-hybridized carbons (Fsp3) is 0.154. The van der Waals surface area contributed by atoms with Gasteiger partial charge in [-0.25, -0.2) is 4.39 Å². The third kappa shape index (κ3) is 3.74. The zero-order chi connectivity index (χ0) is 24.0. The van der Waals surface area contributed by atoms with E-state index in [9.17, 15) is 19.1 Å². The van der Waals surface area contributed by atoms with Gasteiger partial charge in [0.1, 0.15) is 11.4 Å². The second kappa shape index (κ2) is 8.61. The van der Waals surface area contributed by atoms with Crippen molar-refractivity contribution in [3.8, 4) is 11.5 Å². The summed E-state index contributed by atoms with van der Waals surface area (Å²) in [7, 11) is 0. The number of carbonyl (C=O) groups is 1. The fourth-order valence-electron chi connectivity index (χ4n) is 4.26. The van der Waals surface area contributed by atoms with E-state index in [-0.39, 0.29) is 40.6 Å². The van der Waals surface area contributed by atoms with Gasteiger partial charge in [-0.15, -0.1) is 0 Å². The van der Waals surface area contributed by atoms with E-state index in [1.807, 2.05) is 0 Å². The lowest BCUT2D eigenvalue weighted by atomic mass is 9.97. The Kier molecular flexibility index (Phi) is 5.61. The predicted molar refractivity (Wildman–Crippen MR) is 128 cm³/mol. The molecule has 0 unspecified atom stereocenters. The molecule has 1 amide bonds. The average Bonchev–Trinajstić information content (AvgIpc) is 3.09. The van der Waals surface area contributed by atoms with E-state index in [1.54, 1.807) is 49.4 Å². The van der Waals surface area contributed by atoms with Crippen molar-refractivity contribution >= 4 is 32.8 Å². The zero-order valence-electron chi connectivity index (χ0n) is 18.0. The van der Waals surface area contributed by atoms with Gasteiger partial charge >= 0.3 is 0 Å². The number of phenols is 1. The number of phenolic OH excluding ortho intramolecular Hbond substituents is 1. The Hall–Kier alpha value is -3.65. The highest BCUT2D eigenvalue weighted by molar-refractivity contribution is 9.10. The molecule has 0 bridgehead atoms. The molecule has 3 aromatic carbocycles. The molecule has 1 N–H and O–H groups in total. The van der Waals surface area contributed by atoms with Crippen LogP contribution in [0.25, 0.3) is 11.0 Å². The zero-order valence-corrected chi connectivity index (χ0v) is 19.6. The van der Waals surface area contributed by atoms with Gasteiger partial charge in [0.25, 0.3) is 5.91 Å². The molecule has 5 rings (SSSR count). The molecule has 34 heavy (non-hydrogen) atoms. The largest absolute Gasteiger partial charge is 0.504 e. The van der Waals surface area contributed by atoms with Gasteiger partial charge in [0.2, 0.25) is 5.76 Å². The molecule has 0 spiro atoms. The smallest absolute Gasteiger partial charge is 0.291 e. The molecule has 4 aromatic rings. The number of hydrogen-bond acceptors (Lipinski definition) is 5. The van der Waals surface area contributed by atoms with Gasteiger partial charge in [-0.05, 0) is 60.5 Å². The SMILES string of the molecule is CCOc1cc([C@H]2c3c(oc4ccc(Br)cc4c3=O)C(=O)N2Cc2ccc(F)cc2)ccc1O. The summed E-state index contributed by atoms with van der Waals surface area (Å²) in [4.78, 5) is 28.7. The lowest BCUT2D eigenvalue weighted by molar-refractivity contribution is 0.0714. The molecular formula is C26H19BrFNO5. The maximum absolute atomic E-state index is 13.6. The summed E-state index contributed by atoms with van der Waals surface area (Å²) in [5.41, 5.74) is 1.48. The number of nitrogens with zero attached hydrogens (tertiary/aromatic N) is 1. The molecule has 1 aliphatic heterocycles. The number of amides is 1. The summed E-state index contributed by atoms with van der Waals surface area (Å²) in [6, 6.07) is 14.8. The van der Waals surface area contributed by atoms with Crippen molar-refractivity contribution < 1.29 is 23.4 Å². The Balaban J connectivity index is 1.72. The summed E-state index contributed by atoms with van der Waals surface area (Å²) in [6.45, 7) is 2.25. The number of halogens is 2. The number of fused-ring (bicyclic) bond motifs is 2. The molecule has 0 radical (unpaired) electrons. The molecule has 1 aromatic heterocycles. The van der Waals surface area contributed by atoms with E-state index < -0.39 is 11.9 Å². The van der Waals surface area contributed by atoms with E-state index in [0.29, 0.717) is 33.2 Å². The molecule has 172 valence electrons. The number of carbonyl (C=O) groups excluding carboxylic acids is 1. The number of aromatic hydroxyl groups is 1. The van der Waals surface area contributed by atoms with E-state index in [1.165, 1.54) is 23.1 Å². The highest BCUT2D eigenvalue weighted by Gasteiger charge is 2.43. The van der Waals surface area contributed by atoms with Gasteiger partial charge in [-0.2, -0.15) is 0 Å². The van der Waals surface area contributed by atoms with Crippen LogP contribution in [0.4, 0.5) is 4.39 Å². The van der Waals surface area contributed by atoms with Crippen LogP contribution in [0, 0.1) is 5.82 Å². The quantitative estimate of drug-likeness (QED) is 0.371. The summed E-state index contributed by atoms with van der Waals surface area (Å²) < 4.78 is 25.6. The third-order valence-electron chi connectivity index (χ3n) is 5.79. The maximum Gasteiger partial charge on any atom is 0.291 e. The minimum Gasteiger partial charge on any atom is -0.504 e. The number of hydrogen-bond donors (Lipinski definition) is 1. The first-order valence-corrected chi connectivity index (χ1v) is 11.4. The molecular weight excluding hydrogens is 505 g/mol. The van der Waals surface area contributed by atoms with Gasteiger partial charge in [0.15, 0.2) is 16.9 Å². The van der Waals surface area contributed by atoms with Crippen LogP contribution in [-0.4, -0.2) is 22.5 Å². The summed E-state index contributed by atoms with van der Waals surface area (Å²) >= 11 is 3.38. The normalized spacial score (nSPS) is 15.1. The second-order valence-corrected chi connectivity index (χ2v) is 8.85. The van der Waals surface area contributed by atoms with E-state index in [2.05, 4.69) is 15.9 Å². The molecule has 0 saturated carbocycles. The highest BCUT2D eigenvalue weighted by Crippen LogP contribution is 2.41. The summed E-state index contributed by atoms with van der Waals surface area (Å²) in [5, 5.41) is 10.5. The number of benzene rings is 3. The molecule has 0 fully saturated rings. The lowest BCUT2D eigenvalue weighted by Crippen LogP contribution is -2.29. The first kappa shape index (κ1) is 22.2. The Morgan fingerprint density at radius 1 is 1.09 bits per heavy atom. The van der Waals surface area contributed by atoms with Crippen LogP contribution in [0.1, 0.15) is 40.2 Å². The van der Waals surface area contributed by atoms with Gasteiger partial charge in [0, 0.05) is 11.0 Å². The topological polar surface area (TPSA) is 80.0 Å². The predicted octanol–water partition coefficient (Wildman–Crippen LogP) is 5.54. The van der Waals surface area contributed by atoms with E-state index >= 15 is 0 Å². The lowest BCUT2D eigenvalue weighted by Gasteiger charge is -2.25. The Bertz CT molecular complexity index is 1480. The molecule has 6 nitrogen and oxygen atoms in total. The molecule has 0 aliphatic carbocycles. The Labute approximate surface area is 202 Å². The van der Waals surface area contributed by atoms with E-state index in [4.69, 9.17) is 9.15 Å². The van der Waals surface area contributed by atoms with Gasteiger partial charge < -0.3 is 19.2 Å². The van der Waals surface area contributed by atoms with Crippen molar-refractivity contribution in [1.82, 2.24) is 4.90 Å². The minimum absolute atomic E-state index is 0.0297. The van der Waals surface area contributed by atoms with Gasteiger partial charge in [0.05, 0.1) is 23.6 Å². The number of rotatable bonds is 5. The summed E-state index contributed by atoms with van der Waals surface area (Å²) in [5.74, 6) is -0.662. The van der Waals surface area contributed by atoms with Crippen molar-refractivity contribution in [1.29, 1.82) is 0 Å². The van der Waals surface area contributed by atoms with E-state index in [0.717, 1.165) is 0 Å². The van der Waals surface area contributed by atoms with Crippen LogP contribution in [0.15, 0.2) is 74.3 Å². The molecule has 8 heteroatoms. The van der Waals surface area contributed by atoms with Gasteiger partial charge in [-0.1, -0.05) is 34.1 Å². The van der Waals surface area contributed by atoms with Crippen LogP contribution in [0.3, 0.4) is 0 Å². The monoisotopic (exact) mass is 523 g/mol. The van der Waals surface area contributed by atoms with Crippen LogP contribution in [-0.2, 0) is 6.54 Å². The summed E-state index contributed by atoms with van der Waals surface area (Å²) in [6.07, 6.45) is 0. The van der Waals surface area contributed by atoms with Crippen molar-refractivity contribution in [2.24, 2.45) is 0 Å². The van der Waals surface area contributed by atoms with Crippen molar-refractivity contribution in [2.45, 2.75) is 19.5 Å². The van der Waals surface area contributed by atoms with Gasteiger partial charge in [-0.3, -0.25) is 9.59 Å². The maximum atomic E-state index is 13.6. The first-order valence-electron chi connectivity index (χ1n) is 10.6. The molecule has 2 heterocycles. The standard InChI is InChI=1S/C26H19BrFNO5/c1-2-33-21-11-15(5-9-19(21)30)23-22-24(31)18-12-16(27)6-10-20(18)34-25(22)26(32)29(23)13-14-3-7-17(28)8-4-14/h3-12,23,30H,2,13H2,1H3/t23-/m0/s1. The van der Waals surface area contributed by atoms with Crippen LogP contribution in [0.5, 0.6) is 11.5 Å². The van der Waals surface area contributed by atoms with Crippen LogP contribution in [0.2, 0.25) is 0 Å². The number of ether oxygens (including phenoxy) is 1. The third-order valence-corrected chi connectivity index (χ3v) is 6.29. The van der Waals surface area contributed by atoms with Crippen molar-refractivity contribution in [2.75, 3.05) is 6.61 Å². The first-order chi connectivity index (χ1) is 16.4. The van der Waals surface area contributed by atoms with Crippen LogP contribution < -0.4 is 10.2 Å².